The first-order chi connectivity index (χ1) is 6.39. The number of aromatic amines is 1. The standard InChI is InChI=1S/C5H5NO.C5H8O/c7-5-3-1-2-4-6-5;1-2-4-6-5-3-1/h1-4H,(H,6,7);2,4H,1,3,5H2. The van der Waals surface area contributed by atoms with Crippen molar-refractivity contribution in [2.24, 2.45) is 0 Å². The molecule has 70 valence electrons. The summed E-state index contributed by atoms with van der Waals surface area (Å²) >= 11 is 0. The molecule has 0 saturated heterocycles. The van der Waals surface area contributed by atoms with Gasteiger partial charge in [0.1, 0.15) is 0 Å². The van der Waals surface area contributed by atoms with E-state index in [4.69, 9.17) is 4.74 Å². The first-order valence-electron chi connectivity index (χ1n) is 4.30. The van der Waals surface area contributed by atoms with Crippen LogP contribution in [0.1, 0.15) is 12.8 Å². The van der Waals surface area contributed by atoms with Crippen molar-refractivity contribution in [2.75, 3.05) is 6.61 Å². The maximum absolute atomic E-state index is 10.2. The van der Waals surface area contributed by atoms with Gasteiger partial charge in [-0.25, -0.2) is 0 Å². The van der Waals surface area contributed by atoms with Crippen LogP contribution in [0.4, 0.5) is 0 Å². The van der Waals surface area contributed by atoms with Gasteiger partial charge < -0.3 is 9.72 Å². The number of allylic oxidation sites excluding steroid dienone is 1. The monoisotopic (exact) mass is 179 g/mol. The van der Waals surface area contributed by atoms with Crippen LogP contribution in [0.5, 0.6) is 0 Å². The SMILES string of the molecule is C1=COCCC1.O=c1cccc[nH]1. The summed E-state index contributed by atoms with van der Waals surface area (Å²) in [6.45, 7) is 0.913. The Bertz CT molecular complexity index is 278. The Balaban J connectivity index is 0.000000132. The van der Waals surface area contributed by atoms with E-state index >= 15 is 0 Å². The third-order valence-electron chi connectivity index (χ3n) is 1.51. The largest absolute Gasteiger partial charge is 0.502 e. The van der Waals surface area contributed by atoms with Crippen molar-refractivity contribution in [2.45, 2.75) is 12.8 Å². The molecule has 3 nitrogen and oxygen atoms in total. The lowest BCUT2D eigenvalue weighted by atomic mass is 10.3. The molecule has 1 aromatic rings. The topological polar surface area (TPSA) is 42.1 Å². The zero-order chi connectivity index (χ0) is 9.36. The summed E-state index contributed by atoms with van der Waals surface area (Å²) in [6.07, 6.45) is 7.80. The van der Waals surface area contributed by atoms with Gasteiger partial charge >= 0.3 is 0 Å². The molecule has 1 aliphatic rings. The predicted molar refractivity (Wildman–Crippen MR) is 51.4 cm³/mol. The molecule has 0 saturated carbocycles. The van der Waals surface area contributed by atoms with Gasteiger partial charge in [-0.3, -0.25) is 4.79 Å². The molecule has 3 heteroatoms. The van der Waals surface area contributed by atoms with Crippen molar-refractivity contribution in [1.82, 2.24) is 4.98 Å². The Morgan fingerprint density at radius 1 is 1.38 bits per heavy atom. The minimum absolute atomic E-state index is 0.0532. The van der Waals surface area contributed by atoms with Gasteiger partial charge in [-0.2, -0.15) is 0 Å². The van der Waals surface area contributed by atoms with E-state index in [0.29, 0.717) is 0 Å². The quantitative estimate of drug-likeness (QED) is 0.658. The fourth-order valence-electron chi connectivity index (χ4n) is 0.866. The summed E-state index contributed by atoms with van der Waals surface area (Å²) < 4.78 is 4.89. The smallest absolute Gasteiger partial charge is 0.247 e. The molecule has 0 aromatic carbocycles. The van der Waals surface area contributed by atoms with Gasteiger partial charge in [-0.1, -0.05) is 6.07 Å². The zero-order valence-corrected chi connectivity index (χ0v) is 7.40. The van der Waals surface area contributed by atoms with Crippen LogP contribution in [0.3, 0.4) is 0 Å². The van der Waals surface area contributed by atoms with E-state index in [1.54, 1.807) is 24.6 Å². The minimum Gasteiger partial charge on any atom is -0.502 e. The summed E-state index contributed by atoms with van der Waals surface area (Å²) in [7, 11) is 0. The number of ether oxygens (including phenoxy) is 1. The van der Waals surface area contributed by atoms with Crippen molar-refractivity contribution >= 4 is 0 Å². The van der Waals surface area contributed by atoms with E-state index < -0.39 is 0 Å². The lowest BCUT2D eigenvalue weighted by molar-refractivity contribution is 0.231. The molecule has 0 fully saturated rings. The zero-order valence-electron chi connectivity index (χ0n) is 7.40. The fourth-order valence-corrected chi connectivity index (χ4v) is 0.866. The lowest BCUT2D eigenvalue weighted by Crippen LogP contribution is -1.98. The number of rotatable bonds is 0. The molecule has 0 spiro atoms. The second-order valence-electron chi connectivity index (χ2n) is 2.61. The van der Waals surface area contributed by atoms with Gasteiger partial charge in [0.2, 0.25) is 5.56 Å². The lowest BCUT2D eigenvalue weighted by Gasteiger charge is -2.01. The summed E-state index contributed by atoms with van der Waals surface area (Å²) in [4.78, 5) is 12.7. The van der Waals surface area contributed by atoms with Crippen LogP contribution in [0.25, 0.3) is 0 Å². The first-order valence-corrected chi connectivity index (χ1v) is 4.30. The van der Waals surface area contributed by atoms with Crippen LogP contribution in [0.15, 0.2) is 41.5 Å². The molecule has 0 radical (unpaired) electrons. The summed E-state index contributed by atoms with van der Waals surface area (Å²) in [5.74, 6) is 0. The molecular formula is C10H13NO2. The van der Waals surface area contributed by atoms with E-state index in [0.717, 1.165) is 6.61 Å². The third-order valence-corrected chi connectivity index (χ3v) is 1.51. The Morgan fingerprint density at radius 2 is 2.31 bits per heavy atom. The molecule has 2 rings (SSSR count). The molecule has 0 unspecified atom stereocenters. The maximum atomic E-state index is 10.2. The Labute approximate surface area is 77.1 Å². The second-order valence-corrected chi connectivity index (χ2v) is 2.61. The van der Waals surface area contributed by atoms with Crippen molar-refractivity contribution in [1.29, 1.82) is 0 Å². The van der Waals surface area contributed by atoms with Crippen LogP contribution in [-0.4, -0.2) is 11.6 Å². The van der Waals surface area contributed by atoms with Crippen LogP contribution < -0.4 is 5.56 Å². The average molecular weight is 179 g/mol. The highest BCUT2D eigenvalue weighted by Crippen LogP contribution is 1.97. The van der Waals surface area contributed by atoms with E-state index in [9.17, 15) is 4.79 Å². The van der Waals surface area contributed by atoms with Crippen molar-refractivity contribution in [3.8, 4) is 0 Å². The minimum atomic E-state index is -0.0532. The number of aromatic nitrogens is 1. The number of H-pyrrole nitrogens is 1. The molecule has 0 amide bonds. The molecule has 2 heterocycles. The highest BCUT2D eigenvalue weighted by molar-refractivity contribution is 4.89. The van der Waals surface area contributed by atoms with Crippen LogP contribution in [0.2, 0.25) is 0 Å². The van der Waals surface area contributed by atoms with Gasteiger partial charge in [0.15, 0.2) is 0 Å². The van der Waals surface area contributed by atoms with Gasteiger partial charge in [0.25, 0.3) is 0 Å². The van der Waals surface area contributed by atoms with Gasteiger partial charge in [-0.05, 0) is 25.0 Å². The first kappa shape index (κ1) is 9.58. The van der Waals surface area contributed by atoms with Gasteiger partial charge in [-0.15, -0.1) is 0 Å². The molecule has 1 aliphatic heterocycles. The van der Waals surface area contributed by atoms with Crippen molar-refractivity contribution < 1.29 is 4.74 Å². The Morgan fingerprint density at radius 3 is 2.54 bits per heavy atom. The van der Waals surface area contributed by atoms with E-state index in [2.05, 4.69) is 4.98 Å². The number of hydrogen-bond donors (Lipinski definition) is 1. The Hall–Kier alpha value is -1.51. The molecule has 0 aliphatic carbocycles. The maximum Gasteiger partial charge on any atom is 0.247 e. The number of hydrogen-bond acceptors (Lipinski definition) is 2. The normalized spacial score (nSPS) is 13.8. The summed E-state index contributed by atoms with van der Waals surface area (Å²) in [6, 6.07) is 4.93. The summed E-state index contributed by atoms with van der Waals surface area (Å²) in [5.41, 5.74) is -0.0532. The van der Waals surface area contributed by atoms with E-state index in [1.165, 1.54) is 18.9 Å². The molecule has 1 N–H and O–H groups in total. The number of nitrogens with one attached hydrogen (secondary N) is 1. The van der Waals surface area contributed by atoms with Crippen LogP contribution in [0, 0.1) is 0 Å². The Kier molecular flexibility index (Phi) is 4.46. The van der Waals surface area contributed by atoms with Crippen molar-refractivity contribution in [3.05, 3.63) is 47.1 Å². The summed E-state index contributed by atoms with van der Waals surface area (Å²) in [5, 5.41) is 0. The molecular weight excluding hydrogens is 166 g/mol. The van der Waals surface area contributed by atoms with Crippen LogP contribution >= 0.6 is 0 Å². The van der Waals surface area contributed by atoms with Crippen molar-refractivity contribution in [3.63, 3.8) is 0 Å². The molecule has 13 heavy (non-hydrogen) atoms. The number of pyridine rings is 1. The van der Waals surface area contributed by atoms with E-state index in [-0.39, 0.29) is 5.56 Å². The third kappa shape index (κ3) is 4.85. The van der Waals surface area contributed by atoms with Gasteiger partial charge in [0, 0.05) is 12.3 Å². The van der Waals surface area contributed by atoms with E-state index in [1.807, 2.05) is 6.08 Å². The predicted octanol–water partition coefficient (Wildman–Crippen LogP) is 1.69. The van der Waals surface area contributed by atoms with Gasteiger partial charge in [0.05, 0.1) is 12.9 Å². The highest BCUT2D eigenvalue weighted by atomic mass is 16.5. The second kappa shape index (κ2) is 6.06. The average Bonchev–Trinajstić information content (AvgIpc) is 2.22. The fraction of sp³-hybridized carbons (Fsp3) is 0.300. The molecule has 1 aromatic heterocycles. The molecule has 0 atom stereocenters. The van der Waals surface area contributed by atoms with Crippen LogP contribution in [-0.2, 0) is 4.74 Å². The molecule has 0 bridgehead atoms. The highest BCUT2D eigenvalue weighted by Gasteiger charge is 1.86.